The van der Waals surface area contributed by atoms with Gasteiger partial charge in [-0.05, 0) is 49.7 Å². The third kappa shape index (κ3) is 4.39. The summed E-state index contributed by atoms with van der Waals surface area (Å²) < 4.78 is 2.46. The molecule has 2 heterocycles. The van der Waals surface area contributed by atoms with E-state index in [4.69, 9.17) is 0 Å². The fraction of sp³-hybridized carbons (Fsp3) is 0.625. The first-order valence-electron chi connectivity index (χ1n) is 11.1. The number of hydrogen-bond acceptors (Lipinski definition) is 1. The summed E-state index contributed by atoms with van der Waals surface area (Å²) >= 11 is 0. The molecule has 27 heavy (non-hydrogen) atoms. The molecule has 3 rings (SSSR count). The van der Waals surface area contributed by atoms with Gasteiger partial charge in [0.15, 0.2) is 0 Å². The van der Waals surface area contributed by atoms with Crippen LogP contribution >= 0.6 is 0 Å². The van der Waals surface area contributed by atoms with Gasteiger partial charge in [-0.25, -0.2) is 0 Å². The quantitative estimate of drug-likeness (QED) is 0.527. The third-order valence-electron chi connectivity index (χ3n) is 6.40. The number of unbranched alkanes of at least 4 members (excludes halogenated alkanes) is 2. The van der Waals surface area contributed by atoms with Gasteiger partial charge in [-0.3, -0.25) is 4.79 Å². The zero-order chi connectivity index (χ0) is 19.2. The Morgan fingerprint density at radius 1 is 1.07 bits per heavy atom. The van der Waals surface area contributed by atoms with Crippen molar-refractivity contribution in [1.82, 2.24) is 9.47 Å². The maximum absolute atomic E-state index is 12.7. The predicted octanol–water partition coefficient (Wildman–Crippen LogP) is 5.97. The molecule has 0 saturated carbocycles. The Labute approximate surface area is 164 Å². The number of fused-ring (bicyclic) bond motifs is 1. The Kier molecular flexibility index (Phi) is 6.98. The van der Waals surface area contributed by atoms with E-state index in [0.717, 1.165) is 45.3 Å². The second kappa shape index (κ2) is 9.43. The molecule has 0 aliphatic carbocycles. The van der Waals surface area contributed by atoms with Gasteiger partial charge in [-0.15, -0.1) is 0 Å². The van der Waals surface area contributed by atoms with E-state index >= 15 is 0 Å². The van der Waals surface area contributed by atoms with Crippen LogP contribution in [0.4, 0.5) is 0 Å². The van der Waals surface area contributed by atoms with Gasteiger partial charge >= 0.3 is 0 Å². The van der Waals surface area contributed by atoms with E-state index in [1.807, 2.05) is 0 Å². The highest BCUT2D eigenvalue weighted by Crippen LogP contribution is 2.35. The number of nitrogens with zero attached hydrogens (tertiary/aromatic N) is 2. The van der Waals surface area contributed by atoms with E-state index in [0.29, 0.717) is 11.8 Å². The molecule has 2 aromatic rings. The number of hydrogen-bond donors (Lipinski definition) is 0. The van der Waals surface area contributed by atoms with Crippen molar-refractivity contribution in [3.05, 3.63) is 36.0 Å². The topological polar surface area (TPSA) is 25.2 Å². The number of amides is 1. The molecule has 1 aliphatic heterocycles. The third-order valence-corrected chi connectivity index (χ3v) is 6.40. The maximum Gasteiger partial charge on any atom is 0.225 e. The van der Waals surface area contributed by atoms with Crippen molar-refractivity contribution in [2.75, 3.05) is 13.1 Å². The molecule has 1 fully saturated rings. The van der Waals surface area contributed by atoms with Crippen LogP contribution in [0.2, 0.25) is 0 Å². The van der Waals surface area contributed by atoms with Crippen molar-refractivity contribution in [2.24, 2.45) is 5.92 Å². The number of carbonyl (C=O) groups excluding carboxylic acids is 1. The summed E-state index contributed by atoms with van der Waals surface area (Å²) in [6.45, 7) is 9.46. The van der Waals surface area contributed by atoms with E-state index < -0.39 is 0 Å². The summed E-state index contributed by atoms with van der Waals surface area (Å²) in [6, 6.07) is 8.85. The zero-order valence-electron chi connectivity index (χ0n) is 17.4. The number of likely N-dealkylation sites (tertiary alicyclic amines) is 1. The fourth-order valence-electron chi connectivity index (χ4n) is 4.62. The average Bonchev–Trinajstić information content (AvgIpc) is 3.08. The van der Waals surface area contributed by atoms with Crippen LogP contribution in [0.25, 0.3) is 10.9 Å². The van der Waals surface area contributed by atoms with Crippen LogP contribution in [0.15, 0.2) is 30.5 Å². The molecule has 1 aromatic carbocycles. The molecule has 1 amide bonds. The zero-order valence-corrected chi connectivity index (χ0v) is 17.4. The van der Waals surface area contributed by atoms with Crippen molar-refractivity contribution in [3.63, 3.8) is 0 Å². The summed E-state index contributed by atoms with van der Waals surface area (Å²) in [5.74, 6) is 1.16. The van der Waals surface area contributed by atoms with E-state index in [-0.39, 0.29) is 5.92 Å². The Morgan fingerprint density at radius 3 is 2.44 bits per heavy atom. The molecular formula is C24H36N2O. The summed E-state index contributed by atoms with van der Waals surface area (Å²) in [5, 5.41) is 1.42. The van der Waals surface area contributed by atoms with Gasteiger partial charge in [-0.2, -0.15) is 0 Å². The summed E-state index contributed by atoms with van der Waals surface area (Å²) in [5.41, 5.74) is 2.87. The highest BCUT2D eigenvalue weighted by molar-refractivity contribution is 5.84. The van der Waals surface area contributed by atoms with Crippen LogP contribution in [0, 0.1) is 5.92 Å². The lowest BCUT2D eigenvalue weighted by Gasteiger charge is -2.34. The number of rotatable bonds is 8. The first-order valence-corrected chi connectivity index (χ1v) is 11.1. The van der Waals surface area contributed by atoms with Gasteiger partial charge in [-0.1, -0.05) is 51.8 Å². The minimum Gasteiger partial charge on any atom is -0.347 e. The molecule has 0 N–H and O–H groups in total. The van der Waals surface area contributed by atoms with Crippen LogP contribution in [0.5, 0.6) is 0 Å². The normalized spacial score (nSPS) is 15.8. The van der Waals surface area contributed by atoms with Crippen molar-refractivity contribution < 1.29 is 4.79 Å². The number of carbonyl (C=O) groups is 1. The molecule has 1 saturated heterocycles. The van der Waals surface area contributed by atoms with E-state index in [1.54, 1.807) is 0 Å². The molecule has 1 aromatic heterocycles. The smallest absolute Gasteiger partial charge is 0.225 e. The molecule has 3 heteroatoms. The Bertz CT molecular complexity index is 736. The SMILES string of the molecule is CCCCCn1cc(C2CCN(C(=O)C(CC)CC)CC2)c2ccccc21. The van der Waals surface area contributed by atoms with E-state index in [2.05, 4.69) is 60.7 Å². The molecule has 0 radical (unpaired) electrons. The lowest BCUT2D eigenvalue weighted by atomic mass is 9.88. The highest BCUT2D eigenvalue weighted by atomic mass is 16.2. The van der Waals surface area contributed by atoms with Crippen LogP contribution in [-0.4, -0.2) is 28.5 Å². The molecule has 1 aliphatic rings. The van der Waals surface area contributed by atoms with Gasteiger partial charge in [0.25, 0.3) is 0 Å². The Balaban J connectivity index is 1.72. The van der Waals surface area contributed by atoms with Crippen molar-refractivity contribution in [3.8, 4) is 0 Å². The standard InChI is InChI=1S/C24H36N2O/c1-4-7-10-15-26-18-22(21-11-8-9-12-23(21)26)20-13-16-25(17-14-20)24(27)19(5-2)6-3/h8-9,11-12,18-20H,4-7,10,13-17H2,1-3H3. The van der Waals surface area contributed by atoms with Gasteiger partial charge in [0, 0.05) is 42.7 Å². The Hall–Kier alpha value is -1.77. The number of benzene rings is 1. The van der Waals surface area contributed by atoms with E-state index in [1.165, 1.54) is 35.7 Å². The molecular weight excluding hydrogens is 332 g/mol. The number of para-hydroxylation sites is 1. The van der Waals surface area contributed by atoms with Gasteiger partial charge in [0.2, 0.25) is 5.91 Å². The lowest BCUT2D eigenvalue weighted by Crippen LogP contribution is -2.41. The first kappa shape index (κ1) is 20.0. The second-order valence-electron chi connectivity index (χ2n) is 8.12. The summed E-state index contributed by atoms with van der Waals surface area (Å²) in [4.78, 5) is 14.8. The summed E-state index contributed by atoms with van der Waals surface area (Å²) in [6.07, 6.45) is 10.3. The largest absolute Gasteiger partial charge is 0.347 e. The second-order valence-corrected chi connectivity index (χ2v) is 8.12. The van der Waals surface area contributed by atoms with Crippen molar-refractivity contribution >= 4 is 16.8 Å². The van der Waals surface area contributed by atoms with Crippen LogP contribution in [0.3, 0.4) is 0 Å². The highest BCUT2D eigenvalue weighted by Gasteiger charge is 2.28. The van der Waals surface area contributed by atoms with Crippen molar-refractivity contribution in [2.45, 2.75) is 78.2 Å². The lowest BCUT2D eigenvalue weighted by molar-refractivity contribution is -0.136. The van der Waals surface area contributed by atoms with E-state index in [9.17, 15) is 4.79 Å². The van der Waals surface area contributed by atoms with Gasteiger partial charge in [0.05, 0.1) is 0 Å². The monoisotopic (exact) mass is 368 g/mol. The van der Waals surface area contributed by atoms with Crippen LogP contribution < -0.4 is 0 Å². The molecule has 0 atom stereocenters. The first-order chi connectivity index (χ1) is 13.2. The predicted molar refractivity (Wildman–Crippen MR) is 114 cm³/mol. The average molecular weight is 369 g/mol. The summed E-state index contributed by atoms with van der Waals surface area (Å²) in [7, 11) is 0. The molecule has 148 valence electrons. The maximum atomic E-state index is 12.7. The minimum atomic E-state index is 0.210. The number of piperidine rings is 1. The number of aromatic nitrogens is 1. The molecule has 0 spiro atoms. The minimum absolute atomic E-state index is 0.210. The van der Waals surface area contributed by atoms with Crippen molar-refractivity contribution in [1.29, 1.82) is 0 Å². The molecule has 3 nitrogen and oxygen atoms in total. The van der Waals surface area contributed by atoms with Crippen LogP contribution in [0.1, 0.15) is 77.2 Å². The number of aryl methyl sites for hydroxylation is 1. The molecule has 0 unspecified atom stereocenters. The molecule has 0 bridgehead atoms. The van der Waals surface area contributed by atoms with Gasteiger partial charge in [0.1, 0.15) is 0 Å². The van der Waals surface area contributed by atoms with Crippen LogP contribution in [-0.2, 0) is 11.3 Å². The Morgan fingerprint density at radius 2 is 1.78 bits per heavy atom. The fourth-order valence-corrected chi connectivity index (χ4v) is 4.62. The van der Waals surface area contributed by atoms with Gasteiger partial charge < -0.3 is 9.47 Å².